The molecule has 0 aromatic heterocycles. The number of unbranched alkanes of at least 4 members (excludes halogenated alkanes) is 1. The lowest BCUT2D eigenvalue weighted by molar-refractivity contribution is -0.140. The Balaban J connectivity index is 1.98. The van der Waals surface area contributed by atoms with Crippen LogP contribution in [0.3, 0.4) is 0 Å². The highest BCUT2D eigenvalue weighted by atomic mass is 35.5. The molecule has 0 saturated heterocycles. The van der Waals surface area contributed by atoms with Gasteiger partial charge >= 0.3 is 0 Å². The molecule has 2 amide bonds. The van der Waals surface area contributed by atoms with E-state index in [0.29, 0.717) is 18.0 Å². The van der Waals surface area contributed by atoms with E-state index >= 15 is 0 Å². The molecular formula is C30H35ClN2O2. The Morgan fingerprint density at radius 2 is 1.66 bits per heavy atom. The van der Waals surface area contributed by atoms with Crippen molar-refractivity contribution in [1.82, 2.24) is 10.2 Å². The summed E-state index contributed by atoms with van der Waals surface area (Å²) in [5.41, 5.74) is 4.97. The largest absolute Gasteiger partial charge is 0.354 e. The quantitative estimate of drug-likeness (QED) is 0.332. The van der Waals surface area contributed by atoms with Crippen molar-refractivity contribution in [2.45, 2.75) is 59.0 Å². The number of benzene rings is 3. The highest BCUT2D eigenvalue weighted by Crippen LogP contribution is 2.22. The monoisotopic (exact) mass is 490 g/mol. The molecule has 0 aliphatic rings. The Kier molecular flexibility index (Phi) is 9.92. The Morgan fingerprint density at radius 1 is 0.943 bits per heavy atom. The molecule has 5 heteroatoms. The molecule has 3 rings (SSSR count). The summed E-state index contributed by atoms with van der Waals surface area (Å²) < 4.78 is 0. The zero-order valence-electron chi connectivity index (χ0n) is 20.9. The summed E-state index contributed by atoms with van der Waals surface area (Å²) in [6.45, 7) is 6.98. The molecule has 1 N–H and O–H groups in total. The first-order chi connectivity index (χ1) is 16.9. The van der Waals surface area contributed by atoms with Gasteiger partial charge in [0.2, 0.25) is 11.8 Å². The second kappa shape index (κ2) is 13.1. The van der Waals surface area contributed by atoms with Gasteiger partial charge < -0.3 is 10.2 Å². The van der Waals surface area contributed by atoms with Crippen LogP contribution in [0.15, 0.2) is 72.8 Å². The molecule has 0 unspecified atom stereocenters. The fourth-order valence-electron chi connectivity index (χ4n) is 4.13. The van der Waals surface area contributed by atoms with Crippen molar-refractivity contribution in [3.63, 3.8) is 0 Å². The van der Waals surface area contributed by atoms with Gasteiger partial charge in [-0.1, -0.05) is 97.2 Å². The minimum atomic E-state index is -0.650. The molecule has 4 nitrogen and oxygen atoms in total. The Labute approximate surface area is 214 Å². The van der Waals surface area contributed by atoms with Crippen LogP contribution >= 0.6 is 11.6 Å². The first-order valence-corrected chi connectivity index (χ1v) is 12.7. The predicted octanol–water partition coefficient (Wildman–Crippen LogP) is 6.06. The van der Waals surface area contributed by atoms with E-state index < -0.39 is 6.04 Å². The maximum absolute atomic E-state index is 13.9. The van der Waals surface area contributed by atoms with Crippen LogP contribution in [0.4, 0.5) is 0 Å². The van der Waals surface area contributed by atoms with E-state index in [1.807, 2.05) is 80.6 Å². The third-order valence-electron chi connectivity index (χ3n) is 6.25. The number of aryl methyl sites for hydroxylation is 2. The van der Waals surface area contributed by atoms with Crippen LogP contribution < -0.4 is 5.32 Å². The SMILES string of the molecule is CCCCNC(=O)[C@@H](Cc1ccccc1)N(Cc1ccccc1Cl)C(=O)Cc1cc(C)ccc1C. The number of carbonyl (C=O) groups is 2. The minimum Gasteiger partial charge on any atom is -0.354 e. The highest BCUT2D eigenvalue weighted by molar-refractivity contribution is 6.31. The minimum absolute atomic E-state index is 0.0924. The van der Waals surface area contributed by atoms with Crippen LogP contribution in [-0.4, -0.2) is 29.3 Å². The summed E-state index contributed by atoms with van der Waals surface area (Å²) in [6.07, 6.45) is 2.54. The third-order valence-corrected chi connectivity index (χ3v) is 6.61. The molecule has 0 aliphatic carbocycles. The van der Waals surface area contributed by atoms with Crippen molar-refractivity contribution in [3.8, 4) is 0 Å². The fourth-order valence-corrected chi connectivity index (χ4v) is 4.32. The lowest BCUT2D eigenvalue weighted by Crippen LogP contribution is -2.51. The maximum Gasteiger partial charge on any atom is 0.243 e. The van der Waals surface area contributed by atoms with E-state index in [9.17, 15) is 9.59 Å². The molecule has 0 aliphatic heterocycles. The molecule has 1 atom stereocenters. The van der Waals surface area contributed by atoms with E-state index in [1.54, 1.807) is 4.90 Å². The van der Waals surface area contributed by atoms with Crippen LogP contribution in [0.5, 0.6) is 0 Å². The van der Waals surface area contributed by atoms with E-state index in [0.717, 1.165) is 40.7 Å². The van der Waals surface area contributed by atoms with Crippen LogP contribution in [0.2, 0.25) is 5.02 Å². The lowest BCUT2D eigenvalue weighted by Gasteiger charge is -2.32. The van der Waals surface area contributed by atoms with Gasteiger partial charge in [-0.05, 0) is 48.6 Å². The normalized spacial score (nSPS) is 11.7. The number of hydrogen-bond donors (Lipinski definition) is 1. The van der Waals surface area contributed by atoms with Gasteiger partial charge in [0.25, 0.3) is 0 Å². The van der Waals surface area contributed by atoms with Gasteiger partial charge in [0.05, 0.1) is 6.42 Å². The molecule has 0 heterocycles. The fraction of sp³-hybridized carbons (Fsp3) is 0.333. The zero-order chi connectivity index (χ0) is 25.2. The Hall–Kier alpha value is -3.11. The molecule has 0 saturated carbocycles. The van der Waals surface area contributed by atoms with Crippen molar-refractivity contribution in [1.29, 1.82) is 0 Å². The molecule has 0 radical (unpaired) electrons. The summed E-state index contributed by atoms with van der Waals surface area (Å²) in [4.78, 5) is 29.0. The number of nitrogens with one attached hydrogen (secondary N) is 1. The number of halogens is 1. The summed E-state index contributed by atoms with van der Waals surface area (Å²) in [7, 11) is 0. The second-order valence-electron chi connectivity index (χ2n) is 9.07. The number of hydrogen-bond acceptors (Lipinski definition) is 2. The van der Waals surface area contributed by atoms with Gasteiger partial charge in [-0.15, -0.1) is 0 Å². The van der Waals surface area contributed by atoms with E-state index in [-0.39, 0.29) is 24.8 Å². The van der Waals surface area contributed by atoms with E-state index in [4.69, 9.17) is 11.6 Å². The molecular weight excluding hydrogens is 456 g/mol. The number of amides is 2. The van der Waals surface area contributed by atoms with Crippen LogP contribution in [0, 0.1) is 13.8 Å². The predicted molar refractivity (Wildman–Crippen MR) is 143 cm³/mol. The molecule has 184 valence electrons. The molecule has 3 aromatic rings. The van der Waals surface area contributed by atoms with E-state index in [2.05, 4.69) is 18.3 Å². The van der Waals surface area contributed by atoms with Gasteiger partial charge in [0.1, 0.15) is 6.04 Å². The van der Waals surface area contributed by atoms with Gasteiger partial charge in [-0.2, -0.15) is 0 Å². The van der Waals surface area contributed by atoms with Gasteiger partial charge in [0.15, 0.2) is 0 Å². The van der Waals surface area contributed by atoms with Gasteiger partial charge in [-0.3, -0.25) is 9.59 Å². The van der Waals surface area contributed by atoms with Crippen LogP contribution in [-0.2, 0) is 29.0 Å². The maximum atomic E-state index is 13.9. The second-order valence-corrected chi connectivity index (χ2v) is 9.48. The van der Waals surface area contributed by atoms with Crippen molar-refractivity contribution >= 4 is 23.4 Å². The molecule has 0 fully saturated rings. The summed E-state index contributed by atoms with van der Waals surface area (Å²) in [6, 6.07) is 22.8. The summed E-state index contributed by atoms with van der Waals surface area (Å²) in [5.74, 6) is -0.228. The van der Waals surface area contributed by atoms with Crippen molar-refractivity contribution < 1.29 is 9.59 Å². The average Bonchev–Trinajstić information content (AvgIpc) is 2.85. The molecule has 3 aromatic carbocycles. The number of rotatable bonds is 11. The molecule has 35 heavy (non-hydrogen) atoms. The standard InChI is InChI=1S/C30H35ClN2O2/c1-4-5-17-32-30(35)28(19-24-11-7-6-8-12-24)33(21-25-13-9-10-14-27(25)31)29(34)20-26-18-22(2)15-16-23(26)3/h6-16,18,28H,4-5,17,19-21H2,1-3H3,(H,32,35)/t28-/m1/s1. The number of carbonyl (C=O) groups excluding carboxylic acids is 2. The first-order valence-electron chi connectivity index (χ1n) is 12.3. The van der Waals surface area contributed by atoms with Crippen molar-refractivity contribution in [2.75, 3.05) is 6.54 Å². The summed E-state index contributed by atoms with van der Waals surface area (Å²) in [5, 5.41) is 3.64. The van der Waals surface area contributed by atoms with Gasteiger partial charge in [0, 0.05) is 24.5 Å². The van der Waals surface area contributed by atoms with Crippen LogP contribution in [0.25, 0.3) is 0 Å². The highest BCUT2D eigenvalue weighted by Gasteiger charge is 2.30. The average molecular weight is 491 g/mol. The molecule has 0 bridgehead atoms. The van der Waals surface area contributed by atoms with E-state index in [1.165, 1.54) is 0 Å². The van der Waals surface area contributed by atoms with Gasteiger partial charge in [-0.25, -0.2) is 0 Å². The Bertz CT molecular complexity index is 1130. The first kappa shape index (κ1) is 26.5. The lowest BCUT2D eigenvalue weighted by atomic mass is 9.99. The summed E-state index contributed by atoms with van der Waals surface area (Å²) >= 11 is 6.49. The Morgan fingerprint density at radius 3 is 2.37 bits per heavy atom. The van der Waals surface area contributed by atoms with Crippen molar-refractivity contribution in [2.24, 2.45) is 0 Å². The molecule has 0 spiro atoms. The smallest absolute Gasteiger partial charge is 0.243 e. The third kappa shape index (κ3) is 7.69. The number of nitrogens with zero attached hydrogens (tertiary/aromatic N) is 1. The van der Waals surface area contributed by atoms with Crippen molar-refractivity contribution in [3.05, 3.63) is 106 Å². The zero-order valence-corrected chi connectivity index (χ0v) is 21.6. The topological polar surface area (TPSA) is 49.4 Å². The van der Waals surface area contributed by atoms with Crippen LogP contribution in [0.1, 0.15) is 47.6 Å².